The van der Waals surface area contributed by atoms with Gasteiger partial charge >= 0.3 is 5.97 Å². The number of aromatic nitrogens is 2. The standard InChI is InChI=1S/C28H45N5O3/c1-21(2)19-32(20-22(3)4)27(35)23-10-11-24-25(18-23)33(17-9-16-31-14-7-6-8-15-31)28(30-24)29-13-12-26(34)36-5/h10-11,18,21-22H,6-9,12-17,19-20H2,1-5H3,(H,29,30). The highest BCUT2D eigenvalue weighted by atomic mass is 16.5. The first kappa shape index (κ1) is 28.0. The van der Waals surface area contributed by atoms with Crippen LogP contribution in [-0.4, -0.2) is 77.6 Å². The minimum Gasteiger partial charge on any atom is -0.469 e. The van der Waals surface area contributed by atoms with Crippen molar-refractivity contribution in [2.75, 3.05) is 51.7 Å². The highest BCUT2D eigenvalue weighted by molar-refractivity contribution is 5.97. The maximum atomic E-state index is 13.5. The van der Waals surface area contributed by atoms with Crippen molar-refractivity contribution < 1.29 is 14.3 Å². The second-order valence-electron chi connectivity index (χ2n) is 10.8. The Hall–Kier alpha value is -2.61. The van der Waals surface area contributed by atoms with Gasteiger partial charge in [-0.15, -0.1) is 0 Å². The Labute approximate surface area is 216 Å². The number of fused-ring (bicyclic) bond motifs is 1. The van der Waals surface area contributed by atoms with Crippen LogP contribution in [0, 0.1) is 11.8 Å². The molecule has 1 N–H and O–H groups in total. The highest BCUT2D eigenvalue weighted by Crippen LogP contribution is 2.23. The summed E-state index contributed by atoms with van der Waals surface area (Å²) >= 11 is 0. The lowest BCUT2D eigenvalue weighted by Gasteiger charge is -2.27. The van der Waals surface area contributed by atoms with Crippen LogP contribution in [0.1, 0.15) is 70.2 Å². The number of rotatable bonds is 13. The molecule has 1 aromatic carbocycles. The number of ether oxygens (including phenoxy) is 1. The number of carbonyl (C=O) groups is 2. The molecule has 2 heterocycles. The van der Waals surface area contributed by atoms with Crippen molar-refractivity contribution in [1.82, 2.24) is 19.4 Å². The molecule has 1 aliphatic rings. The van der Waals surface area contributed by atoms with Gasteiger partial charge in [-0.1, -0.05) is 34.1 Å². The van der Waals surface area contributed by atoms with E-state index in [1.165, 1.54) is 39.5 Å². The summed E-state index contributed by atoms with van der Waals surface area (Å²) in [5.41, 5.74) is 2.50. The Kier molecular flexibility index (Phi) is 10.6. The van der Waals surface area contributed by atoms with Gasteiger partial charge in [-0.05, 0) is 68.9 Å². The number of esters is 1. The number of piperidine rings is 1. The lowest BCUT2D eigenvalue weighted by atomic mass is 10.1. The smallest absolute Gasteiger partial charge is 0.307 e. The second kappa shape index (κ2) is 13.6. The monoisotopic (exact) mass is 499 g/mol. The van der Waals surface area contributed by atoms with Crippen LogP contribution in [0.3, 0.4) is 0 Å². The first-order valence-electron chi connectivity index (χ1n) is 13.6. The Balaban J connectivity index is 1.84. The lowest BCUT2D eigenvalue weighted by molar-refractivity contribution is -0.140. The second-order valence-corrected chi connectivity index (χ2v) is 10.8. The molecule has 1 saturated heterocycles. The van der Waals surface area contributed by atoms with Gasteiger partial charge in [-0.3, -0.25) is 9.59 Å². The van der Waals surface area contributed by atoms with Crippen molar-refractivity contribution in [2.45, 2.75) is 66.3 Å². The molecule has 200 valence electrons. The highest BCUT2D eigenvalue weighted by Gasteiger charge is 2.20. The number of hydrogen-bond donors (Lipinski definition) is 1. The van der Waals surface area contributed by atoms with E-state index in [0.29, 0.717) is 23.9 Å². The van der Waals surface area contributed by atoms with Gasteiger partial charge < -0.3 is 24.4 Å². The van der Waals surface area contributed by atoms with E-state index in [9.17, 15) is 9.59 Å². The number of nitrogens with zero attached hydrogens (tertiary/aromatic N) is 4. The molecule has 0 saturated carbocycles. The van der Waals surface area contributed by atoms with E-state index in [0.717, 1.165) is 49.6 Å². The normalized spacial score (nSPS) is 14.5. The Morgan fingerprint density at radius 1 is 1.06 bits per heavy atom. The Morgan fingerprint density at radius 3 is 2.39 bits per heavy atom. The van der Waals surface area contributed by atoms with Gasteiger partial charge in [-0.25, -0.2) is 4.98 Å². The average molecular weight is 500 g/mol. The van der Waals surface area contributed by atoms with Crippen LogP contribution in [0.15, 0.2) is 18.2 Å². The molecule has 0 unspecified atom stereocenters. The number of benzene rings is 1. The number of methoxy groups -OCH3 is 1. The van der Waals surface area contributed by atoms with Gasteiger partial charge in [-0.2, -0.15) is 0 Å². The molecule has 3 rings (SSSR count). The number of likely N-dealkylation sites (tertiary alicyclic amines) is 1. The maximum absolute atomic E-state index is 13.5. The summed E-state index contributed by atoms with van der Waals surface area (Å²) < 4.78 is 6.94. The molecule has 1 amide bonds. The quantitative estimate of drug-likeness (QED) is 0.405. The predicted molar refractivity (Wildman–Crippen MR) is 145 cm³/mol. The van der Waals surface area contributed by atoms with Crippen LogP contribution in [0.2, 0.25) is 0 Å². The van der Waals surface area contributed by atoms with E-state index < -0.39 is 0 Å². The van der Waals surface area contributed by atoms with Crippen LogP contribution in [0.5, 0.6) is 0 Å². The van der Waals surface area contributed by atoms with Gasteiger partial charge in [0.2, 0.25) is 5.95 Å². The minimum absolute atomic E-state index is 0.0700. The van der Waals surface area contributed by atoms with Gasteiger partial charge in [0.1, 0.15) is 0 Å². The van der Waals surface area contributed by atoms with E-state index in [-0.39, 0.29) is 18.3 Å². The van der Waals surface area contributed by atoms with Crippen LogP contribution in [0.25, 0.3) is 11.0 Å². The fourth-order valence-corrected chi connectivity index (χ4v) is 4.94. The number of hydrogen-bond acceptors (Lipinski definition) is 6. The molecule has 1 aliphatic heterocycles. The number of imidazole rings is 1. The SMILES string of the molecule is COC(=O)CCNc1nc2ccc(C(=O)N(CC(C)C)CC(C)C)cc2n1CCCN1CCCCC1. The fourth-order valence-electron chi connectivity index (χ4n) is 4.94. The molecule has 0 aliphatic carbocycles. The summed E-state index contributed by atoms with van der Waals surface area (Å²) in [6.07, 6.45) is 5.17. The number of nitrogens with one attached hydrogen (secondary N) is 1. The Morgan fingerprint density at radius 2 is 1.75 bits per heavy atom. The summed E-state index contributed by atoms with van der Waals surface area (Å²) in [6, 6.07) is 5.82. The fraction of sp³-hybridized carbons (Fsp3) is 0.679. The van der Waals surface area contributed by atoms with E-state index in [1.54, 1.807) is 0 Å². The summed E-state index contributed by atoms with van der Waals surface area (Å²) in [7, 11) is 1.40. The topological polar surface area (TPSA) is 79.7 Å². The predicted octanol–water partition coefficient (Wildman–Crippen LogP) is 4.64. The van der Waals surface area contributed by atoms with Gasteiger partial charge in [0.05, 0.1) is 24.6 Å². The van der Waals surface area contributed by atoms with Crippen molar-refractivity contribution in [3.63, 3.8) is 0 Å². The molecule has 2 aromatic rings. The molecule has 36 heavy (non-hydrogen) atoms. The third-order valence-electron chi connectivity index (χ3n) is 6.60. The third-order valence-corrected chi connectivity index (χ3v) is 6.60. The molecule has 0 spiro atoms. The summed E-state index contributed by atoms with van der Waals surface area (Å²) in [4.78, 5) is 34.4. The molecule has 0 atom stereocenters. The molecule has 0 bridgehead atoms. The molecule has 0 radical (unpaired) electrons. The summed E-state index contributed by atoms with van der Waals surface area (Å²) in [5, 5.41) is 3.32. The number of aryl methyl sites for hydroxylation is 1. The first-order valence-corrected chi connectivity index (χ1v) is 13.6. The molecular formula is C28H45N5O3. The van der Waals surface area contributed by atoms with Gasteiger partial charge in [0, 0.05) is 31.7 Å². The Bertz CT molecular complexity index is 984. The zero-order chi connectivity index (χ0) is 26.1. The van der Waals surface area contributed by atoms with E-state index >= 15 is 0 Å². The van der Waals surface area contributed by atoms with E-state index in [1.807, 2.05) is 23.1 Å². The number of amides is 1. The summed E-state index contributed by atoms with van der Waals surface area (Å²) in [6.45, 7) is 14.7. The molecular weight excluding hydrogens is 454 g/mol. The van der Waals surface area contributed by atoms with Crippen LogP contribution in [0.4, 0.5) is 5.95 Å². The van der Waals surface area contributed by atoms with E-state index in [2.05, 4.69) is 42.5 Å². The number of carbonyl (C=O) groups excluding carboxylic acids is 2. The van der Waals surface area contributed by atoms with Crippen molar-refractivity contribution in [2.24, 2.45) is 11.8 Å². The van der Waals surface area contributed by atoms with Gasteiger partial charge in [0.25, 0.3) is 5.91 Å². The lowest BCUT2D eigenvalue weighted by Crippen LogP contribution is -2.37. The van der Waals surface area contributed by atoms with Crippen molar-refractivity contribution in [1.29, 1.82) is 0 Å². The maximum Gasteiger partial charge on any atom is 0.307 e. The van der Waals surface area contributed by atoms with Crippen LogP contribution in [-0.2, 0) is 16.1 Å². The number of anilines is 1. The molecule has 8 heteroatoms. The van der Waals surface area contributed by atoms with Crippen molar-refractivity contribution >= 4 is 28.9 Å². The van der Waals surface area contributed by atoms with E-state index in [4.69, 9.17) is 9.72 Å². The van der Waals surface area contributed by atoms with Crippen LogP contribution < -0.4 is 5.32 Å². The largest absolute Gasteiger partial charge is 0.469 e. The first-order chi connectivity index (χ1) is 17.3. The minimum atomic E-state index is -0.251. The van der Waals surface area contributed by atoms with Crippen LogP contribution >= 0.6 is 0 Å². The van der Waals surface area contributed by atoms with Crippen molar-refractivity contribution in [3.8, 4) is 0 Å². The molecule has 8 nitrogen and oxygen atoms in total. The molecule has 1 aromatic heterocycles. The van der Waals surface area contributed by atoms with Gasteiger partial charge in [0.15, 0.2) is 0 Å². The third kappa shape index (κ3) is 7.95. The molecule has 1 fully saturated rings. The average Bonchev–Trinajstić information content (AvgIpc) is 3.19. The van der Waals surface area contributed by atoms with Crippen molar-refractivity contribution in [3.05, 3.63) is 23.8 Å². The zero-order valence-electron chi connectivity index (χ0n) is 22.9. The summed E-state index contributed by atoms with van der Waals surface area (Å²) in [5.74, 6) is 1.36. The zero-order valence-corrected chi connectivity index (χ0v) is 22.9.